The topological polar surface area (TPSA) is 76.2 Å². The molecule has 1 aromatic carbocycles. The van der Waals surface area contributed by atoms with Crippen molar-refractivity contribution in [3.63, 3.8) is 0 Å². The second-order valence-corrected chi connectivity index (χ2v) is 6.02. The first-order chi connectivity index (χ1) is 10.5. The van der Waals surface area contributed by atoms with E-state index in [1.54, 1.807) is 6.07 Å². The molecule has 0 spiro atoms. The quantitative estimate of drug-likeness (QED) is 0.861. The van der Waals surface area contributed by atoms with Crippen molar-refractivity contribution in [1.29, 1.82) is 0 Å². The summed E-state index contributed by atoms with van der Waals surface area (Å²) < 4.78 is 5.12. The lowest BCUT2D eigenvalue weighted by atomic mass is 10.0. The van der Waals surface area contributed by atoms with Crippen molar-refractivity contribution in [2.45, 2.75) is 25.2 Å². The number of aromatic nitrogens is 2. The minimum atomic E-state index is -1.08. The smallest absolute Gasteiger partial charge is 0.331 e. The molecule has 0 saturated carbocycles. The number of fused-ring (bicyclic) bond motifs is 1. The molecule has 0 fully saturated rings. The maximum Gasteiger partial charge on any atom is 0.331 e. The number of aliphatic carboxylic acids is 1. The molecule has 0 amide bonds. The van der Waals surface area contributed by atoms with Gasteiger partial charge in [-0.15, -0.1) is 0 Å². The van der Waals surface area contributed by atoms with Gasteiger partial charge in [0.05, 0.1) is 6.42 Å². The highest BCUT2D eigenvalue weighted by Crippen LogP contribution is 2.41. The van der Waals surface area contributed by atoms with E-state index in [0.29, 0.717) is 15.9 Å². The summed E-state index contributed by atoms with van der Waals surface area (Å²) in [5, 5.41) is 14.0. The number of carbonyl (C=O) groups is 1. The molecule has 0 radical (unpaired) electrons. The van der Waals surface area contributed by atoms with Crippen LogP contribution in [0.4, 0.5) is 0 Å². The Bertz CT molecular complexity index is 770. The standard InChI is InChI=1S/C15H12Cl2N2O3/c1-7(15(20)21)4-13-18-14(19-22-13)10-3-2-9-11(10)5-8(16)6-12(9)17/h5-6,10H,1-4H2,(H,20,21). The summed E-state index contributed by atoms with van der Waals surface area (Å²) in [7, 11) is 0. The van der Waals surface area contributed by atoms with Crippen LogP contribution in [0.3, 0.4) is 0 Å². The van der Waals surface area contributed by atoms with Gasteiger partial charge in [0.15, 0.2) is 5.82 Å². The third-order valence-electron chi connectivity index (χ3n) is 3.72. The summed E-state index contributed by atoms with van der Waals surface area (Å²) in [4.78, 5) is 15.1. The number of hydrogen-bond acceptors (Lipinski definition) is 4. The molecule has 1 heterocycles. The second-order valence-electron chi connectivity index (χ2n) is 5.18. The molecule has 1 aliphatic rings. The van der Waals surface area contributed by atoms with Crippen LogP contribution >= 0.6 is 23.2 Å². The SMILES string of the molecule is C=C(Cc1nc(C2CCc3c(Cl)cc(Cl)cc32)no1)C(=O)O. The van der Waals surface area contributed by atoms with Gasteiger partial charge in [0.1, 0.15) is 0 Å². The number of halogens is 2. The Kier molecular flexibility index (Phi) is 3.93. The lowest BCUT2D eigenvalue weighted by Crippen LogP contribution is -2.03. The first-order valence-corrected chi connectivity index (χ1v) is 7.42. The summed E-state index contributed by atoms with van der Waals surface area (Å²) in [6.45, 7) is 3.45. The fraction of sp³-hybridized carbons (Fsp3) is 0.267. The molecule has 1 unspecified atom stereocenters. The highest BCUT2D eigenvalue weighted by atomic mass is 35.5. The molecule has 3 rings (SSSR count). The zero-order valence-corrected chi connectivity index (χ0v) is 13.0. The van der Waals surface area contributed by atoms with E-state index in [9.17, 15) is 4.79 Å². The van der Waals surface area contributed by atoms with Gasteiger partial charge in [-0.2, -0.15) is 4.98 Å². The Morgan fingerprint density at radius 1 is 1.45 bits per heavy atom. The average molecular weight is 339 g/mol. The van der Waals surface area contributed by atoms with E-state index in [-0.39, 0.29) is 23.8 Å². The first-order valence-electron chi connectivity index (χ1n) is 6.67. The summed E-state index contributed by atoms with van der Waals surface area (Å²) in [5.74, 6) is -0.361. The highest BCUT2D eigenvalue weighted by Gasteiger charge is 2.30. The van der Waals surface area contributed by atoms with Gasteiger partial charge in [0, 0.05) is 21.5 Å². The van der Waals surface area contributed by atoms with Crippen LogP contribution < -0.4 is 0 Å². The van der Waals surface area contributed by atoms with Gasteiger partial charge >= 0.3 is 5.97 Å². The fourth-order valence-corrected chi connectivity index (χ4v) is 3.25. The third kappa shape index (κ3) is 2.74. The molecule has 1 aliphatic carbocycles. The average Bonchev–Trinajstić information content (AvgIpc) is 3.04. The molecule has 1 aromatic heterocycles. The van der Waals surface area contributed by atoms with Gasteiger partial charge in [-0.05, 0) is 36.1 Å². The van der Waals surface area contributed by atoms with Crippen molar-refractivity contribution in [3.8, 4) is 0 Å². The Labute approximate surface area is 136 Å². The van der Waals surface area contributed by atoms with E-state index in [0.717, 1.165) is 24.0 Å². The van der Waals surface area contributed by atoms with Crippen LogP contribution in [0.2, 0.25) is 10.0 Å². The normalized spacial score (nSPS) is 16.5. The minimum absolute atomic E-state index is 0.00751. The van der Waals surface area contributed by atoms with Crippen LogP contribution in [0, 0.1) is 0 Å². The number of benzene rings is 1. The van der Waals surface area contributed by atoms with E-state index in [2.05, 4.69) is 16.7 Å². The summed E-state index contributed by atoms with van der Waals surface area (Å²) in [6, 6.07) is 3.59. The lowest BCUT2D eigenvalue weighted by Gasteiger charge is -2.08. The van der Waals surface area contributed by atoms with Crippen molar-refractivity contribution in [3.05, 3.63) is 57.2 Å². The Hall–Kier alpha value is -1.85. The maximum absolute atomic E-state index is 10.8. The van der Waals surface area contributed by atoms with Crippen LogP contribution in [0.15, 0.2) is 28.8 Å². The third-order valence-corrected chi connectivity index (χ3v) is 4.27. The van der Waals surface area contributed by atoms with Gasteiger partial charge < -0.3 is 9.63 Å². The van der Waals surface area contributed by atoms with Crippen molar-refractivity contribution >= 4 is 29.2 Å². The fourth-order valence-electron chi connectivity index (χ4n) is 2.65. The number of carboxylic acids is 1. The predicted molar refractivity (Wildman–Crippen MR) is 81.4 cm³/mol. The van der Waals surface area contributed by atoms with Crippen LogP contribution in [-0.2, 0) is 17.6 Å². The van der Waals surface area contributed by atoms with Gasteiger partial charge in [-0.25, -0.2) is 4.79 Å². The number of nitrogens with zero attached hydrogens (tertiary/aromatic N) is 2. The van der Waals surface area contributed by atoms with E-state index >= 15 is 0 Å². The predicted octanol–water partition coefficient (Wildman–Crippen LogP) is 3.64. The molecule has 7 heteroatoms. The molecule has 2 aromatic rings. The van der Waals surface area contributed by atoms with Crippen molar-refractivity contribution < 1.29 is 14.4 Å². The van der Waals surface area contributed by atoms with Crippen LogP contribution in [0.25, 0.3) is 0 Å². The lowest BCUT2D eigenvalue weighted by molar-refractivity contribution is -0.132. The monoisotopic (exact) mass is 338 g/mol. The van der Waals surface area contributed by atoms with Crippen molar-refractivity contribution in [2.24, 2.45) is 0 Å². The Morgan fingerprint density at radius 3 is 2.95 bits per heavy atom. The zero-order chi connectivity index (χ0) is 15.9. The minimum Gasteiger partial charge on any atom is -0.478 e. The number of rotatable bonds is 4. The molecule has 0 saturated heterocycles. The molecule has 0 bridgehead atoms. The number of carboxylic acid groups (broad SMARTS) is 1. The molecule has 1 atom stereocenters. The molecule has 5 nitrogen and oxygen atoms in total. The molecular formula is C15H12Cl2N2O3. The molecule has 0 aliphatic heterocycles. The number of hydrogen-bond donors (Lipinski definition) is 1. The molecular weight excluding hydrogens is 327 g/mol. The molecule has 1 N–H and O–H groups in total. The van der Waals surface area contributed by atoms with Crippen molar-refractivity contribution in [2.75, 3.05) is 0 Å². The molecule has 114 valence electrons. The maximum atomic E-state index is 10.8. The second kappa shape index (κ2) is 5.74. The van der Waals surface area contributed by atoms with E-state index in [4.69, 9.17) is 32.8 Å². The van der Waals surface area contributed by atoms with Gasteiger partial charge in [0.25, 0.3) is 0 Å². The molecule has 22 heavy (non-hydrogen) atoms. The van der Waals surface area contributed by atoms with Crippen LogP contribution in [-0.4, -0.2) is 21.2 Å². The Balaban J connectivity index is 1.88. The zero-order valence-electron chi connectivity index (χ0n) is 11.5. The Morgan fingerprint density at radius 2 is 2.23 bits per heavy atom. The largest absolute Gasteiger partial charge is 0.478 e. The van der Waals surface area contributed by atoms with Crippen molar-refractivity contribution in [1.82, 2.24) is 10.1 Å². The van der Waals surface area contributed by atoms with Gasteiger partial charge in [-0.1, -0.05) is 34.9 Å². The summed E-state index contributed by atoms with van der Waals surface area (Å²) in [6.07, 6.45) is 1.66. The first kappa shape index (κ1) is 15.1. The van der Waals surface area contributed by atoms with E-state index in [1.165, 1.54) is 0 Å². The van der Waals surface area contributed by atoms with Crippen LogP contribution in [0.5, 0.6) is 0 Å². The van der Waals surface area contributed by atoms with E-state index in [1.807, 2.05) is 6.07 Å². The summed E-state index contributed by atoms with van der Waals surface area (Å²) >= 11 is 12.3. The van der Waals surface area contributed by atoms with Gasteiger partial charge in [-0.3, -0.25) is 0 Å². The van der Waals surface area contributed by atoms with Crippen LogP contribution in [0.1, 0.15) is 35.2 Å². The highest BCUT2D eigenvalue weighted by molar-refractivity contribution is 6.35. The van der Waals surface area contributed by atoms with Gasteiger partial charge in [0.2, 0.25) is 5.89 Å². The van der Waals surface area contributed by atoms with E-state index < -0.39 is 5.97 Å². The summed E-state index contributed by atoms with van der Waals surface area (Å²) in [5.41, 5.74) is 2.06.